The maximum absolute atomic E-state index is 12.0. The molecule has 0 spiro atoms. The molecule has 2 aliphatic rings. The molecular formula is C12H19N3O3. The number of carbonyl (C=O) groups is 3. The van der Waals surface area contributed by atoms with Gasteiger partial charge in [0.2, 0.25) is 11.8 Å². The van der Waals surface area contributed by atoms with E-state index in [-0.39, 0.29) is 29.7 Å². The molecule has 0 aromatic carbocycles. The van der Waals surface area contributed by atoms with Gasteiger partial charge in [-0.1, -0.05) is 0 Å². The lowest BCUT2D eigenvalue weighted by Crippen LogP contribution is -2.53. The highest BCUT2D eigenvalue weighted by molar-refractivity contribution is 6.01. The van der Waals surface area contributed by atoms with Crippen LogP contribution in [0.3, 0.4) is 0 Å². The van der Waals surface area contributed by atoms with E-state index >= 15 is 0 Å². The van der Waals surface area contributed by atoms with Gasteiger partial charge in [0.1, 0.15) is 6.04 Å². The fraction of sp³-hybridized carbons (Fsp3) is 0.750. The van der Waals surface area contributed by atoms with Crippen LogP contribution in [0.15, 0.2) is 0 Å². The number of nitrogens with one attached hydrogen (secondary N) is 1. The quantitative estimate of drug-likeness (QED) is 0.641. The van der Waals surface area contributed by atoms with E-state index in [1.807, 2.05) is 0 Å². The molecule has 1 saturated carbocycles. The average molecular weight is 253 g/mol. The van der Waals surface area contributed by atoms with Gasteiger partial charge in [0.25, 0.3) is 5.91 Å². The van der Waals surface area contributed by atoms with E-state index in [0.29, 0.717) is 19.3 Å². The normalized spacial score (nSPS) is 32.8. The van der Waals surface area contributed by atoms with Crippen LogP contribution in [-0.2, 0) is 14.4 Å². The van der Waals surface area contributed by atoms with E-state index in [2.05, 4.69) is 5.32 Å². The number of nitrogens with zero attached hydrogens (tertiary/aromatic N) is 1. The summed E-state index contributed by atoms with van der Waals surface area (Å²) in [6.45, 7) is 0. The summed E-state index contributed by atoms with van der Waals surface area (Å²) in [5, 5.41) is 2.74. The molecule has 1 aliphatic carbocycles. The third-order valence-corrected chi connectivity index (χ3v) is 3.81. The van der Waals surface area contributed by atoms with E-state index in [4.69, 9.17) is 5.73 Å². The van der Waals surface area contributed by atoms with Gasteiger partial charge < -0.3 is 11.1 Å². The summed E-state index contributed by atoms with van der Waals surface area (Å²) in [4.78, 5) is 36.2. The maximum atomic E-state index is 12.0. The number of likely N-dealkylation sites (tertiary alicyclic amines) is 1. The Bertz CT molecular complexity index is 383. The van der Waals surface area contributed by atoms with Gasteiger partial charge in [-0.25, -0.2) is 0 Å². The monoisotopic (exact) mass is 253 g/mol. The number of nitrogens with two attached hydrogens (primary N) is 1. The Morgan fingerprint density at radius 2 is 2.06 bits per heavy atom. The number of likely N-dealkylation sites (N-methyl/N-ethyl adjacent to an activating group) is 1. The molecule has 0 aromatic rings. The number of hydrogen-bond acceptors (Lipinski definition) is 4. The highest BCUT2D eigenvalue weighted by Gasteiger charge is 2.35. The summed E-state index contributed by atoms with van der Waals surface area (Å²) in [6.07, 6.45) is 3.02. The number of hydrogen-bond donors (Lipinski definition) is 2. The van der Waals surface area contributed by atoms with E-state index in [0.717, 1.165) is 17.7 Å². The third kappa shape index (κ3) is 2.53. The first-order valence-corrected chi connectivity index (χ1v) is 6.35. The molecule has 18 heavy (non-hydrogen) atoms. The largest absolute Gasteiger partial charge is 0.344 e. The molecule has 1 heterocycles. The number of rotatable bonds is 2. The predicted molar refractivity (Wildman–Crippen MR) is 64.3 cm³/mol. The number of carbonyl (C=O) groups excluding carboxylic acids is 3. The van der Waals surface area contributed by atoms with Crippen LogP contribution < -0.4 is 11.1 Å². The Hall–Kier alpha value is -1.43. The van der Waals surface area contributed by atoms with Crippen molar-refractivity contribution < 1.29 is 14.4 Å². The number of imide groups is 1. The molecule has 0 radical (unpaired) electrons. The van der Waals surface area contributed by atoms with Crippen LogP contribution in [0.2, 0.25) is 0 Å². The Morgan fingerprint density at radius 1 is 1.33 bits per heavy atom. The molecule has 100 valence electrons. The smallest absolute Gasteiger partial charge is 0.251 e. The van der Waals surface area contributed by atoms with Gasteiger partial charge in [-0.2, -0.15) is 0 Å². The van der Waals surface area contributed by atoms with Crippen LogP contribution in [-0.4, -0.2) is 41.8 Å². The van der Waals surface area contributed by atoms with E-state index in [1.165, 1.54) is 7.05 Å². The number of amides is 3. The first-order valence-electron chi connectivity index (χ1n) is 6.35. The van der Waals surface area contributed by atoms with Crippen molar-refractivity contribution in [1.82, 2.24) is 10.2 Å². The van der Waals surface area contributed by atoms with Crippen molar-refractivity contribution in [1.29, 1.82) is 0 Å². The fourth-order valence-corrected chi connectivity index (χ4v) is 2.59. The highest BCUT2D eigenvalue weighted by Crippen LogP contribution is 2.24. The zero-order chi connectivity index (χ0) is 13.3. The van der Waals surface area contributed by atoms with Crippen LogP contribution in [0.1, 0.15) is 32.1 Å². The van der Waals surface area contributed by atoms with Gasteiger partial charge in [0.15, 0.2) is 0 Å². The van der Waals surface area contributed by atoms with Crippen molar-refractivity contribution in [2.45, 2.75) is 44.2 Å². The zero-order valence-electron chi connectivity index (χ0n) is 10.5. The van der Waals surface area contributed by atoms with E-state index < -0.39 is 6.04 Å². The van der Waals surface area contributed by atoms with Gasteiger partial charge in [-0.15, -0.1) is 0 Å². The molecule has 6 heteroatoms. The molecule has 3 atom stereocenters. The lowest BCUT2D eigenvalue weighted by Gasteiger charge is -2.28. The van der Waals surface area contributed by atoms with Crippen LogP contribution in [0.5, 0.6) is 0 Å². The summed E-state index contributed by atoms with van der Waals surface area (Å²) < 4.78 is 0. The summed E-state index contributed by atoms with van der Waals surface area (Å²) in [5.41, 5.74) is 5.76. The third-order valence-electron chi connectivity index (χ3n) is 3.81. The first-order chi connectivity index (χ1) is 8.49. The molecule has 3 N–H and O–H groups in total. The van der Waals surface area contributed by atoms with Crippen molar-refractivity contribution in [3.8, 4) is 0 Å². The van der Waals surface area contributed by atoms with Gasteiger partial charge >= 0.3 is 0 Å². The van der Waals surface area contributed by atoms with Crippen LogP contribution in [0.4, 0.5) is 0 Å². The standard InChI is InChI=1S/C12H19N3O3/c1-15-10(16)5-4-9(12(15)18)14-11(17)7-2-3-8(13)6-7/h7-9H,2-6,13H2,1H3,(H,14,17). The lowest BCUT2D eigenvalue weighted by molar-refractivity contribution is -0.149. The van der Waals surface area contributed by atoms with Crippen LogP contribution in [0, 0.1) is 5.92 Å². The first kappa shape index (κ1) is 13.0. The molecule has 1 saturated heterocycles. The van der Waals surface area contributed by atoms with Crippen molar-refractivity contribution in [2.24, 2.45) is 11.7 Å². The fourth-order valence-electron chi connectivity index (χ4n) is 2.59. The summed E-state index contributed by atoms with van der Waals surface area (Å²) >= 11 is 0. The van der Waals surface area contributed by atoms with Gasteiger partial charge in [0, 0.05) is 25.4 Å². The molecular weight excluding hydrogens is 234 g/mol. The van der Waals surface area contributed by atoms with Crippen LogP contribution >= 0.6 is 0 Å². The van der Waals surface area contributed by atoms with E-state index in [1.54, 1.807) is 0 Å². The Kier molecular flexibility index (Phi) is 3.65. The Morgan fingerprint density at radius 3 is 2.67 bits per heavy atom. The minimum Gasteiger partial charge on any atom is -0.344 e. The maximum Gasteiger partial charge on any atom is 0.251 e. The van der Waals surface area contributed by atoms with Crippen molar-refractivity contribution >= 4 is 17.7 Å². The Labute approximate surface area is 106 Å². The predicted octanol–water partition coefficient (Wildman–Crippen LogP) is -0.623. The van der Waals surface area contributed by atoms with Gasteiger partial charge in [-0.3, -0.25) is 19.3 Å². The molecule has 1 aliphatic heterocycles. The van der Waals surface area contributed by atoms with Crippen molar-refractivity contribution in [3.63, 3.8) is 0 Å². The molecule has 6 nitrogen and oxygen atoms in total. The molecule has 2 rings (SSSR count). The molecule has 3 unspecified atom stereocenters. The zero-order valence-corrected chi connectivity index (χ0v) is 10.5. The van der Waals surface area contributed by atoms with E-state index in [9.17, 15) is 14.4 Å². The van der Waals surface area contributed by atoms with Crippen molar-refractivity contribution in [3.05, 3.63) is 0 Å². The summed E-state index contributed by atoms with van der Waals surface area (Å²) in [6, 6.07) is -0.468. The Balaban J connectivity index is 1.91. The second kappa shape index (κ2) is 5.06. The lowest BCUT2D eigenvalue weighted by atomic mass is 10.0. The topological polar surface area (TPSA) is 92.5 Å². The molecule has 0 aromatic heterocycles. The molecule has 2 fully saturated rings. The number of piperidine rings is 1. The molecule has 3 amide bonds. The summed E-state index contributed by atoms with van der Waals surface area (Å²) in [7, 11) is 1.45. The minimum absolute atomic E-state index is 0.0873. The van der Waals surface area contributed by atoms with Crippen molar-refractivity contribution in [2.75, 3.05) is 7.05 Å². The van der Waals surface area contributed by atoms with Gasteiger partial charge in [0.05, 0.1) is 0 Å². The average Bonchev–Trinajstić information content (AvgIpc) is 2.77. The SMILES string of the molecule is CN1C(=O)CCC(NC(=O)C2CCC(N)C2)C1=O. The van der Waals surface area contributed by atoms with Gasteiger partial charge in [-0.05, 0) is 25.7 Å². The second-order valence-corrected chi connectivity index (χ2v) is 5.16. The molecule has 0 bridgehead atoms. The minimum atomic E-state index is -0.558. The highest BCUT2D eigenvalue weighted by atomic mass is 16.2. The van der Waals surface area contributed by atoms with Crippen LogP contribution in [0.25, 0.3) is 0 Å². The second-order valence-electron chi connectivity index (χ2n) is 5.16. The summed E-state index contributed by atoms with van der Waals surface area (Å²) in [5.74, 6) is -0.699.